The molecular formula is C11H18N4O4. The van der Waals surface area contributed by atoms with Gasteiger partial charge in [-0.15, -0.1) is 0 Å². The molecule has 19 heavy (non-hydrogen) atoms. The molecule has 0 spiro atoms. The van der Waals surface area contributed by atoms with Crippen LogP contribution in [-0.4, -0.2) is 40.3 Å². The first-order valence-corrected chi connectivity index (χ1v) is 6.06. The van der Waals surface area contributed by atoms with Crippen molar-refractivity contribution in [3.05, 3.63) is 11.7 Å². The monoisotopic (exact) mass is 270 g/mol. The second-order valence-corrected chi connectivity index (χ2v) is 4.07. The van der Waals surface area contributed by atoms with Crippen LogP contribution in [0.15, 0.2) is 4.52 Å². The fraction of sp³-hybridized carbons (Fsp3) is 0.636. The van der Waals surface area contributed by atoms with Gasteiger partial charge in [-0.05, 0) is 13.3 Å². The molecule has 1 unspecified atom stereocenters. The molecule has 1 atom stereocenters. The van der Waals surface area contributed by atoms with Crippen molar-refractivity contribution in [2.75, 3.05) is 13.1 Å². The molecule has 8 heteroatoms. The minimum atomic E-state index is -0.913. The zero-order valence-electron chi connectivity index (χ0n) is 11.0. The number of hydrogen-bond donors (Lipinski definition) is 3. The second kappa shape index (κ2) is 7.34. The molecule has 0 saturated heterocycles. The van der Waals surface area contributed by atoms with E-state index in [0.29, 0.717) is 31.1 Å². The summed E-state index contributed by atoms with van der Waals surface area (Å²) < 4.78 is 4.88. The number of urea groups is 1. The molecule has 0 aliphatic heterocycles. The first-order valence-electron chi connectivity index (χ1n) is 6.06. The van der Waals surface area contributed by atoms with E-state index in [2.05, 4.69) is 20.8 Å². The fourth-order valence-electron chi connectivity index (χ4n) is 1.41. The standard InChI is InChI=1S/C11H18N4O4/c1-3-8(10(16)17)6-13-11(18)12-5-4-9-14-7(2)15-19-9/h8H,3-6H2,1-2H3,(H,16,17)(H2,12,13,18). The largest absolute Gasteiger partial charge is 0.481 e. The van der Waals surface area contributed by atoms with Crippen molar-refractivity contribution >= 4 is 12.0 Å². The van der Waals surface area contributed by atoms with E-state index < -0.39 is 17.9 Å². The number of carboxylic acids is 1. The second-order valence-electron chi connectivity index (χ2n) is 4.07. The number of carbonyl (C=O) groups excluding carboxylic acids is 1. The highest BCUT2D eigenvalue weighted by molar-refractivity contribution is 5.75. The van der Waals surface area contributed by atoms with Crippen LogP contribution in [-0.2, 0) is 11.2 Å². The zero-order chi connectivity index (χ0) is 14.3. The van der Waals surface area contributed by atoms with E-state index in [4.69, 9.17) is 9.63 Å². The van der Waals surface area contributed by atoms with Crippen LogP contribution in [0.2, 0.25) is 0 Å². The van der Waals surface area contributed by atoms with Crippen LogP contribution in [0, 0.1) is 12.8 Å². The number of amides is 2. The minimum Gasteiger partial charge on any atom is -0.481 e. The van der Waals surface area contributed by atoms with Crippen molar-refractivity contribution in [3.63, 3.8) is 0 Å². The number of carboxylic acid groups (broad SMARTS) is 1. The molecule has 0 aromatic carbocycles. The van der Waals surface area contributed by atoms with Crippen LogP contribution in [0.25, 0.3) is 0 Å². The number of nitrogens with zero attached hydrogens (tertiary/aromatic N) is 2. The molecule has 0 aliphatic rings. The fourth-order valence-corrected chi connectivity index (χ4v) is 1.41. The van der Waals surface area contributed by atoms with Gasteiger partial charge in [-0.1, -0.05) is 12.1 Å². The summed E-state index contributed by atoms with van der Waals surface area (Å²) in [6, 6.07) is -0.407. The summed E-state index contributed by atoms with van der Waals surface area (Å²) in [6.07, 6.45) is 0.904. The van der Waals surface area contributed by atoms with Gasteiger partial charge in [0.1, 0.15) is 0 Å². The minimum absolute atomic E-state index is 0.108. The normalized spacial score (nSPS) is 11.9. The molecule has 106 valence electrons. The van der Waals surface area contributed by atoms with E-state index in [-0.39, 0.29) is 6.54 Å². The summed E-state index contributed by atoms with van der Waals surface area (Å²) in [7, 11) is 0. The molecule has 2 amide bonds. The molecule has 0 aliphatic carbocycles. The van der Waals surface area contributed by atoms with Crippen molar-refractivity contribution in [1.29, 1.82) is 0 Å². The summed E-state index contributed by atoms with van der Waals surface area (Å²) in [5, 5.41) is 17.5. The molecule has 0 saturated carbocycles. The Hall–Kier alpha value is -2.12. The van der Waals surface area contributed by atoms with Crippen molar-refractivity contribution in [2.45, 2.75) is 26.7 Å². The van der Waals surface area contributed by atoms with Crippen LogP contribution in [0.4, 0.5) is 4.79 Å². The Bertz CT molecular complexity index is 432. The Kier molecular flexibility index (Phi) is 5.77. The average Bonchev–Trinajstić information content (AvgIpc) is 2.75. The first-order chi connectivity index (χ1) is 9.02. The highest BCUT2D eigenvalue weighted by Crippen LogP contribution is 2.00. The SMILES string of the molecule is CCC(CNC(=O)NCCc1nc(C)no1)C(=O)O. The maximum Gasteiger partial charge on any atom is 0.314 e. The van der Waals surface area contributed by atoms with E-state index in [1.165, 1.54) is 0 Å². The topological polar surface area (TPSA) is 117 Å². The lowest BCUT2D eigenvalue weighted by molar-refractivity contribution is -0.141. The molecule has 0 fully saturated rings. The van der Waals surface area contributed by atoms with E-state index in [9.17, 15) is 9.59 Å². The van der Waals surface area contributed by atoms with E-state index in [1.807, 2.05) is 0 Å². The van der Waals surface area contributed by atoms with E-state index >= 15 is 0 Å². The third kappa shape index (κ3) is 5.36. The van der Waals surface area contributed by atoms with Crippen LogP contribution in [0.5, 0.6) is 0 Å². The molecular weight excluding hydrogens is 252 g/mol. The van der Waals surface area contributed by atoms with Crippen molar-refractivity contribution in [2.24, 2.45) is 5.92 Å². The van der Waals surface area contributed by atoms with Gasteiger partial charge in [0.05, 0.1) is 5.92 Å². The molecule has 1 heterocycles. The van der Waals surface area contributed by atoms with Crippen molar-refractivity contribution in [1.82, 2.24) is 20.8 Å². The number of hydrogen-bond acceptors (Lipinski definition) is 5. The zero-order valence-corrected chi connectivity index (χ0v) is 11.0. The van der Waals surface area contributed by atoms with Gasteiger partial charge in [0.2, 0.25) is 5.89 Å². The summed E-state index contributed by atoms with van der Waals surface area (Å²) in [6.45, 7) is 3.93. The smallest absolute Gasteiger partial charge is 0.314 e. The molecule has 0 bridgehead atoms. The molecule has 8 nitrogen and oxygen atoms in total. The number of aliphatic carboxylic acids is 1. The Morgan fingerprint density at radius 3 is 2.68 bits per heavy atom. The Morgan fingerprint density at radius 1 is 1.42 bits per heavy atom. The van der Waals surface area contributed by atoms with Crippen LogP contribution >= 0.6 is 0 Å². The number of carbonyl (C=O) groups is 2. The van der Waals surface area contributed by atoms with Crippen LogP contribution in [0.1, 0.15) is 25.1 Å². The lowest BCUT2D eigenvalue weighted by Gasteiger charge is -2.11. The van der Waals surface area contributed by atoms with Gasteiger partial charge in [-0.3, -0.25) is 4.79 Å². The Labute approximate surface area is 110 Å². The summed E-state index contributed by atoms with van der Waals surface area (Å²) in [5.41, 5.74) is 0. The number of aromatic nitrogens is 2. The molecule has 1 aromatic rings. The maximum atomic E-state index is 11.4. The molecule has 0 radical (unpaired) electrons. The first kappa shape index (κ1) is 14.9. The van der Waals surface area contributed by atoms with Gasteiger partial charge in [0.25, 0.3) is 0 Å². The Balaban J connectivity index is 2.19. The van der Waals surface area contributed by atoms with Crippen molar-refractivity contribution in [3.8, 4) is 0 Å². The van der Waals surface area contributed by atoms with Crippen molar-refractivity contribution < 1.29 is 19.2 Å². The average molecular weight is 270 g/mol. The molecule has 1 rings (SSSR count). The summed E-state index contributed by atoms with van der Waals surface area (Å²) in [4.78, 5) is 26.1. The van der Waals surface area contributed by atoms with Crippen LogP contribution < -0.4 is 10.6 Å². The number of aryl methyl sites for hydroxylation is 1. The summed E-state index contributed by atoms with van der Waals surface area (Å²) >= 11 is 0. The third-order valence-electron chi connectivity index (χ3n) is 2.55. The van der Waals surface area contributed by atoms with Gasteiger partial charge in [-0.2, -0.15) is 4.98 Å². The maximum absolute atomic E-state index is 11.4. The molecule has 1 aromatic heterocycles. The third-order valence-corrected chi connectivity index (χ3v) is 2.55. The lowest BCUT2D eigenvalue weighted by Crippen LogP contribution is -2.40. The van der Waals surface area contributed by atoms with Gasteiger partial charge in [0, 0.05) is 19.5 Å². The van der Waals surface area contributed by atoms with Gasteiger partial charge in [0.15, 0.2) is 5.82 Å². The molecule has 3 N–H and O–H groups in total. The van der Waals surface area contributed by atoms with Crippen LogP contribution in [0.3, 0.4) is 0 Å². The van der Waals surface area contributed by atoms with Gasteiger partial charge < -0.3 is 20.3 Å². The van der Waals surface area contributed by atoms with Gasteiger partial charge >= 0.3 is 12.0 Å². The highest BCUT2D eigenvalue weighted by atomic mass is 16.5. The lowest BCUT2D eigenvalue weighted by atomic mass is 10.1. The summed E-state index contributed by atoms with van der Waals surface area (Å²) in [5.74, 6) is -0.477. The van der Waals surface area contributed by atoms with Gasteiger partial charge in [-0.25, -0.2) is 4.79 Å². The predicted octanol–water partition coefficient (Wildman–Crippen LogP) is 0.331. The highest BCUT2D eigenvalue weighted by Gasteiger charge is 2.15. The van der Waals surface area contributed by atoms with E-state index in [1.54, 1.807) is 13.8 Å². The Morgan fingerprint density at radius 2 is 2.16 bits per heavy atom. The predicted molar refractivity (Wildman–Crippen MR) is 65.6 cm³/mol. The number of nitrogens with one attached hydrogen (secondary N) is 2. The van der Waals surface area contributed by atoms with E-state index in [0.717, 1.165) is 0 Å². The quantitative estimate of drug-likeness (QED) is 0.657. The number of rotatable bonds is 7.